The van der Waals surface area contributed by atoms with Crippen LogP contribution in [0.2, 0.25) is 0 Å². The SMILES string of the molecule is CCc1c(C)nc2c(-c3ccccc3)c(C(F)(F)F)[nH]n2c1=O. The van der Waals surface area contributed by atoms with Crippen LogP contribution >= 0.6 is 0 Å². The van der Waals surface area contributed by atoms with Crippen molar-refractivity contribution < 1.29 is 13.2 Å². The van der Waals surface area contributed by atoms with Crippen LogP contribution in [0, 0.1) is 6.92 Å². The first-order chi connectivity index (χ1) is 10.8. The molecule has 4 nitrogen and oxygen atoms in total. The molecule has 0 saturated heterocycles. The normalized spacial score (nSPS) is 12.0. The molecule has 0 unspecified atom stereocenters. The number of alkyl halides is 3. The van der Waals surface area contributed by atoms with Crippen LogP contribution in [0.5, 0.6) is 0 Å². The largest absolute Gasteiger partial charge is 0.433 e. The zero-order valence-corrected chi connectivity index (χ0v) is 12.5. The van der Waals surface area contributed by atoms with Crippen LogP contribution in [0.15, 0.2) is 35.1 Å². The lowest BCUT2D eigenvalue weighted by molar-refractivity contribution is -0.140. The number of fused-ring (bicyclic) bond motifs is 1. The minimum absolute atomic E-state index is 0.0109. The molecule has 0 atom stereocenters. The Hall–Kier alpha value is -2.57. The van der Waals surface area contributed by atoms with Crippen molar-refractivity contribution in [2.45, 2.75) is 26.4 Å². The Kier molecular flexibility index (Phi) is 3.50. The summed E-state index contributed by atoms with van der Waals surface area (Å²) in [5.74, 6) is 0. The van der Waals surface area contributed by atoms with Gasteiger partial charge in [-0.15, -0.1) is 0 Å². The first kappa shape index (κ1) is 15.3. The number of rotatable bonds is 2. The molecule has 23 heavy (non-hydrogen) atoms. The Labute approximate surface area is 129 Å². The van der Waals surface area contributed by atoms with E-state index in [0.717, 1.165) is 4.52 Å². The summed E-state index contributed by atoms with van der Waals surface area (Å²) in [6.07, 6.45) is -4.22. The number of aryl methyl sites for hydroxylation is 1. The van der Waals surface area contributed by atoms with Gasteiger partial charge in [0.1, 0.15) is 5.69 Å². The second-order valence-electron chi connectivity index (χ2n) is 5.22. The van der Waals surface area contributed by atoms with Crippen LogP contribution in [-0.2, 0) is 12.6 Å². The van der Waals surface area contributed by atoms with Gasteiger partial charge in [-0.3, -0.25) is 9.89 Å². The van der Waals surface area contributed by atoms with Gasteiger partial charge in [-0.1, -0.05) is 37.3 Å². The Morgan fingerprint density at radius 1 is 1.22 bits per heavy atom. The summed E-state index contributed by atoms with van der Waals surface area (Å²) >= 11 is 0. The molecule has 2 aromatic heterocycles. The van der Waals surface area contributed by atoms with Gasteiger partial charge in [0.15, 0.2) is 5.65 Å². The smallest absolute Gasteiger partial charge is 0.284 e. The van der Waals surface area contributed by atoms with Crippen molar-refractivity contribution in [3.05, 3.63) is 57.6 Å². The van der Waals surface area contributed by atoms with Crippen LogP contribution < -0.4 is 5.56 Å². The van der Waals surface area contributed by atoms with E-state index in [9.17, 15) is 18.0 Å². The third-order valence-electron chi connectivity index (χ3n) is 3.78. The summed E-state index contributed by atoms with van der Waals surface area (Å²) in [5.41, 5.74) is -0.388. The highest BCUT2D eigenvalue weighted by atomic mass is 19.4. The Morgan fingerprint density at radius 3 is 2.43 bits per heavy atom. The molecule has 1 N–H and O–H groups in total. The molecule has 0 amide bonds. The lowest BCUT2D eigenvalue weighted by Gasteiger charge is -2.07. The summed E-state index contributed by atoms with van der Waals surface area (Å²) < 4.78 is 41.1. The second-order valence-corrected chi connectivity index (χ2v) is 5.22. The molecule has 0 aliphatic carbocycles. The maximum absolute atomic E-state index is 13.4. The van der Waals surface area contributed by atoms with Crippen LogP contribution in [-0.4, -0.2) is 14.6 Å². The molecule has 0 saturated carbocycles. The number of H-pyrrole nitrogens is 1. The zero-order valence-electron chi connectivity index (χ0n) is 12.5. The third kappa shape index (κ3) is 2.42. The van der Waals surface area contributed by atoms with Crippen molar-refractivity contribution in [3.63, 3.8) is 0 Å². The van der Waals surface area contributed by atoms with Gasteiger partial charge < -0.3 is 0 Å². The number of benzene rings is 1. The van der Waals surface area contributed by atoms with Gasteiger partial charge in [-0.2, -0.15) is 13.2 Å². The molecule has 0 radical (unpaired) electrons. The van der Waals surface area contributed by atoms with Crippen molar-refractivity contribution in [1.82, 2.24) is 14.6 Å². The standard InChI is InChI=1S/C16H14F3N3O/c1-3-11-9(2)20-14-12(10-7-5-4-6-8-10)13(16(17,18)19)21-22(14)15(11)23/h4-8,21H,3H2,1-2H3. The van der Waals surface area contributed by atoms with Crippen molar-refractivity contribution >= 4 is 5.65 Å². The molecule has 2 heterocycles. The predicted octanol–water partition coefficient (Wildman–Crippen LogP) is 3.58. The predicted molar refractivity (Wildman–Crippen MR) is 80.4 cm³/mol. The number of hydrogen-bond donors (Lipinski definition) is 1. The first-order valence-electron chi connectivity index (χ1n) is 7.11. The van der Waals surface area contributed by atoms with E-state index < -0.39 is 17.4 Å². The molecule has 0 fully saturated rings. The molecule has 1 aromatic carbocycles. The van der Waals surface area contributed by atoms with Gasteiger partial charge in [0.25, 0.3) is 5.56 Å². The number of nitrogens with zero attached hydrogens (tertiary/aromatic N) is 2. The van der Waals surface area contributed by atoms with Gasteiger partial charge in [0, 0.05) is 11.3 Å². The Bertz CT molecular complexity index is 924. The second kappa shape index (κ2) is 5.26. The minimum atomic E-state index is -4.62. The van der Waals surface area contributed by atoms with Crippen molar-refractivity contribution in [2.24, 2.45) is 0 Å². The lowest BCUT2D eigenvalue weighted by Crippen LogP contribution is -2.21. The van der Waals surface area contributed by atoms with E-state index in [4.69, 9.17) is 0 Å². The maximum Gasteiger partial charge on any atom is 0.433 e. The highest BCUT2D eigenvalue weighted by Gasteiger charge is 2.38. The quantitative estimate of drug-likeness (QED) is 0.784. The zero-order chi connectivity index (χ0) is 16.8. The molecular formula is C16H14F3N3O. The summed E-state index contributed by atoms with van der Waals surface area (Å²) in [5, 5.41) is 2.19. The fourth-order valence-electron chi connectivity index (χ4n) is 2.70. The molecule has 0 aliphatic heterocycles. The molecular weight excluding hydrogens is 307 g/mol. The summed E-state index contributed by atoms with van der Waals surface area (Å²) in [7, 11) is 0. The van der Waals surface area contributed by atoms with Gasteiger partial charge >= 0.3 is 6.18 Å². The Morgan fingerprint density at radius 2 is 1.87 bits per heavy atom. The lowest BCUT2D eigenvalue weighted by atomic mass is 10.1. The van der Waals surface area contributed by atoms with E-state index in [1.165, 1.54) is 0 Å². The van der Waals surface area contributed by atoms with Gasteiger partial charge in [0.05, 0.1) is 5.56 Å². The Balaban J connectivity index is 2.48. The monoisotopic (exact) mass is 321 g/mol. The molecule has 120 valence electrons. The number of hydrogen-bond acceptors (Lipinski definition) is 2. The van der Waals surface area contributed by atoms with Gasteiger partial charge in [0.2, 0.25) is 0 Å². The van der Waals surface area contributed by atoms with Gasteiger partial charge in [-0.25, -0.2) is 9.50 Å². The van der Waals surface area contributed by atoms with Crippen LogP contribution in [0.4, 0.5) is 13.2 Å². The highest BCUT2D eigenvalue weighted by Crippen LogP contribution is 2.38. The van der Waals surface area contributed by atoms with Crippen molar-refractivity contribution in [3.8, 4) is 11.1 Å². The van der Waals surface area contributed by atoms with E-state index in [2.05, 4.69) is 10.1 Å². The number of aromatic nitrogens is 3. The molecule has 3 rings (SSSR count). The average molecular weight is 321 g/mol. The van der Waals surface area contributed by atoms with Crippen molar-refractivity contribution in [1.29, 1.82) is 0 Å². The van der Waals surface area contributed by atoms with Crippen LogP contribution in [0.3, 0.4) is 0 Å². The molecule has 0 bridgehead atoms. The summed E-state index contributed by atoms with van der Waals surface area (Å²) in [6.45, 7) is 3.40. The fourth-order valence-corrected chi connectivity index (χ4v) is 2.70. The minimum Gasteiger partial charge on any atom is -0.284 e. The number of halogens is 3. The molecule has 0 aliphatic rings. The van der Waals surface area contributed by atoms with E-state index in [0.29, 0.717) is 23.2 Å². The fraction of sp³-hybridized carbons (Fsp3) is 0.250. The highest BCUT2D eigenvalue weighted by molar-refractivity contribution is 5.80. The molecule has 0 spiro atoms. The van der Waals surface area contributed by atoms with E-state index >= 15 is 0 Å². The topological polar surface area (TPSA) is 50.2 Å². The van der Waals surface area contributed by atoms with Crippen LogP contribution in [0.1, 0.15) is 23.9 Å². The number of aromatic amines is 1. The van der Waals surface area contributed by atoms with Crippen LogP contribution in [0.25, 0.3) is 16.8 Å². The van der Waals surface area contributed by atoms with Gasteiger partial charge in [-0.05, 0) is 18.9 Å². The summed E-state index contributed by atoms with van der Waals surface area (Å²) in [4.78, 5) is 16.7. The third-order valence-corrected chi connectivity index (χ3v) is 3.78. The van der Waals surface area contributed by atoms with Crippen molar-refractivity contribution in [2.75, 3.05) is 0 Å². The average Bonchev–Trinajstić information content (AvgIpc) is 2.88. The molecule has 3 aromatic rings. The van der Waals surface area contributed by atoms with E-state index in [-0.39, 0.29) is 11.2 Å². The number of nitrogens with one attached hydrogen (secondary N) is 1. The first-order valence-corrected chi connectivity index (χ1v) is 7.11. The maximum atomic E-state index is 13.4. The van der Waals surface area contributed by atoms with E-state index in [1.54, 1.807) is 44.2 Å². The molecule has 7 heteroatoms. The summed E-state index contributed by atoms with van der Waals surface area (Å²) in [6, 6.07) is 8.13. The van der Waals surface area contributed by atoms with E-state index in [1.807, 2.05) is 0 Å².